The fourth-order valence-corrected chi connectivity index (χ4v) is 3.82. The van der Waals surface area contributed by atoms with Gasteiger partial charge in [-0.1, -0.05) is 12.8 Å². The molecule has 2 heteroatoms. The van der Waals surface area contributed by atoms with Gasteiger partial charge in [0.15, 0.2) is 0 Å². The van der Waals surface area contributed by atoms with Crippen molar-refractivity contribution in [3.05, 3.63) is 0 Å². The summed E-state index contributed by atoms with van der Waals surface area (Å²) in [6.07, 6.45) is 6.98. The number of ketones is 1. The summed E-state index contributed by atoms with van der Waals surface area (Å²) >= 11 is 2.06. The molecular weight excluding hydrogens is 156 g/mol. The summed E-state index contributed by atoms with van der Waals surface area (Å²) in [5.74, 6) is 1.59. The highest BCUT2D eigenvalue weighted by molar-refractivity contribution is 8.00. The topological polar surface area (TPSA) is 17.1 Å². The molecule has 0 unspecified atom stereocenters. The van der Waals surface area contributed by atoms with Gasteiger partial charge in [0.2, 0.25) is 0 Å². The predicted octanol–water partition coefficient (Wildman–Crippen LogP) is 2.40. The van der Waals surface area contributed by atoms with Crippen LogP contribution >= 0.6 is 11.8 Å². The van der Waals surface area contributed by atoms with Crippen LogP contribution < -0.4 is 0 Å². The van der Waals surface area contributed by atoms with E-state index in [1.165, 1.54) is 25.7 Å². The number of rotatable bonds is 0. The molecule has 0 aromatic carbocycles. The van der Waals surface area contributed by atoms with Gasteiger partial charge in [0.1, 0.15) is 5.78 Å². The molecule has 2 aliphatic rings. The minimum atomic E-state index is 0.412. The Balaban J connectivity index is 2.05. The fraction of sp³-hybridized carbons (Fsp3) is 0.889. The first kappa shape index (κ1) is 7.66. The Kier molecular flexibility index (Phi) is 1.96. The zero-order chi connectivity index (χ0) is 7.73. The minimum Gasteiger partial charge on any atom is -0.300 e. The molecule has 2 fully saturated rings. The smallest absolute Gasteiger partial charge is 0.135 e. The Morgan fingerprint density at radius 1 is 1.27 bits per heavy atom. The van der Waals surface area contributed by atoms with Gasteiger partial charge < -0.3 is 0 Å². The second kappa shape index (κ2) is 2.81. The normalized spacial score (nSPS) is 29.6. The number of hydrogen-bond donors (Lipinski definition) is 0. The number of hydrogen-bond acceptors (Lipinski definition) is 2. The third-order valence-electron chi connectivity index (χ3n) is 2.82. The van der Waals surface area contributed by atoms with Crippen molar-refractivity contribution in [3.63, 3.8) is 0 Å². The second-order valence-corrected chi connectivity index (χ2v) is 5.27. The molecule has 0 aromatic heterocycles. The lowest BCUT2D eigenvalue weighted by Gasteiger charge is -2.31. The molecule has 1 saturated heterocycles. The molecule has 11 heavy (non-hydrogen) atoms. The summed E-state index contributed by atoms with van der Waals surface area (Å²) in [4.78, 5) is 11.2. The summed E-state index contributed by atoms with van der Waals surface area (Å²) in [7, 11) is 0. The minimum absolute atomic E-state index is 0.412. The highest BCUT2D eigenvalue weighted by Crippen LogP contribution is 2.46. The number of carbonyl (C=O) groups excluding carboxylic acids is 1. The van der Waals surface area contributed by atoms with Crippen LogP contribution in [0.15, 0.2) is 0 Å². The predicted molar refractivity (Wildman–Crippen MR) is 47.9 cm³/mol. The van der Waals surface area contributed by atoms with Crippen LogP contribution in [-0.2, 0) is 4.79 Å². The van der Waals surface area contributed by atoms with E-state index < -0.39 is 0 Å². The standard InChI is InChI=1S/C9H14OS/c10-8-3-6-11-9(7-8)4-1-2-5-9/h1-7H2. The Bertz CT molecular complexity index is 170. The van der Waals surface area contributed by atoms with E-state index in [0.29, 0.717) is 10.5 Å². The third-order valence-corrected chi connectivity index (χ3v) is 4.40. The average molecular weight is 170 g/mol. The van der Waals surface area contributed by atoms with Gasteiger partial charge in [-0.05, 0) is 12.8 Å². The molecule has 62 valence electrons. The van der Waals surface area contributed by atoms with Crippen molar-refractivity contribution in [2.75, 3.05) is 5.75 Å². The van der Waals surface area contributed by atoms with E-state index in [2.05, 4.69) is 11.8 Å². The maximum atomic E-state index is 11.2. The van der Waals surface area contributed by atoms with E-state index in [0.717, 1.165) is 18.6 Å². The number of thioether (sulfide) groups is 1. The molecular formula is C9H14OS. The van der Waals surface area contributed by atoms with Gasteiger partial charge in [-0.3, -0.25) is 4.79 Å². The molecule has 0 bridgehead atoms. The monoisotopic (exact) mass is 170 g/mol. The first-order chi connectivity index (χ1) is 5.31. The molecule has 0 amide bonds. The molecule has 2 rings (SSSR count). The molecule has 0 aromatic rings. The summed E-state index contributed by atoms with van der Waals surface area (Å²) in [5.41, 5.74) is 0. The largest absolute Gasteiger partial charge is 0.300 e. The molecule has 0 radical (unpaired) electrons. The van der Waals surface area contributed by atoms with Crippen LogP contribution in [0, 0.1) is 0 Å². The third kappa shape index (κ3) is 1.46. The van der Waals surface area contributed by atoms with Crippen molar-refractivity contribution >= 4 is 17.5 Å². The van der Waals surface area contributed by atoms with Gasteiger partial charge in [-0.15, -0.1) is 0 Å². The van der Waals surface area contributed by atoms with Crippen LogP contribution in [0.1, 0.15) is 38.5 Å². The molecule has 0 atom stereocenters. The maximum Gasteiger partial charge on any atom is 0.135 e. The lowest BCUT2D eigenvalue weighted by atomic mass is 9.98. The van der Waals surface area contributed by atoms with Crippen molar-refractivity contribution < 1.29 is 4.79 Å². The van der Waals surface area contributed by atoms with Crippen molar-refractivity contribution in [2.24, 2.45) is 0 Å². The fourth-order valence-electron chi connectivity index (χ4n) is 2.22. The molecule has 1 aliphatic heterocycles. The van der Waals surface area contributed by atoms with Crippen LogP contribution in [0.4, 0.5) is 0 Å². The van der Waals surface area contributed by atoms with Crippen molar-refractivity contribution in [1.82, 2.24) is 0 Å². The summed E-state index contributed by atoms with van der Waals surface area (Å²) in [6.45, 7) is 0. The van der Waals surface area contributed by atoms with E-state index in [1.807, 2.05) is 0 Å². The lowest BCUT2D eigenvalue weighted by molar-refractivity contribution is -0.119. The molecule has 1 spiro atoms. The summed E-state index contributed by atoms with van der Waals surface area (Å²) < 4.78 is 0.412. The van der Waals surface area contributed by atoms with Gasteiger partial charge in [0, 0.05) is 23.3 Å². The summed E-state index contributed by atoms with van der Waals surface area (Å²) in [6, 6.07) is 0. The molecule has 1 saturated carbocycles. The van der Waals surface area contributed by atoms with Gasteiger partial charge in [-0.25, -0.2) is 0 Å². The Hall–Kier alpha value is 0.0200. The van der Waals surface area contributed by atoms with Gasteiger partial charge >= 0.3 is 0 Å². The highest BCUT2D eigenvalue weighted by atomic mass is 32.2. The maximum absolute atomic E-state index is 11.2. The number of carbonyl (C=O) groups is 1. The Morgan fingerprint density at radius 2 is 2.00 bits per heavy atom. The van der Waals surface area contributed by atoms with Crippen LogP contribution in [0.3, 0.4) is 0 Å². The average Bonchev–Trinajstić information content (AvgIpc) is 2.37. The van der Waals surface area contributed by atoms with Gasteiger partial charge in [0.25, 0.3) is 0 Å². The Labute approximate surface area is 71.9 Å². The van der Waals surface area contributed by atoms with Gasteiger partial charge in [0.05, 0.1) is 0 Å². The molecule has 1 nitrogen and oxygen atoms in total. The van der Waals surface area contributed by atoms with Crippen LogP contribution in [0.25, 0.3) is 0 Å². The first-order valence-electron chi connectivity index (χ1n) is 4.46. The van der Waals surface area contributed by atoms with E-state index in [9.17, 15) is 4.79 Å². The summed E-state index contributed by atoms with van der Waals surface area (Å²) in [5, 5.41) is 0. The van der Waals surface area contributed by atoms with Crippen molar-refractivity contribution in [2.45, 2.75) is 43.3 Å². The van der Waals surface area contributed by atoms with Crippen LogP contribution in [0.2, 0.25) is 0 Å². The number of Topliss-reactive ketones (excluding diaryl/α,β-unsaturated/α-hetero) is 1. The zero-order valence-corrected chi connectivity index (χ0v) is 7.58. The van der Waals surface area contributed by atoms with E-state index in [1.54, 1.807) is 0 Å². The quantitative estimate of drug-likeness (QED) is 0.555. The SMILES string of the molecule is O=C1CCSC2(CCCC2)C1. The molecule has 1 heterocycles. The highest BCUT2D eigenvalue weighted by Gasteiger charge is 2.38. The van der Waals surface area contributed by atoms with E-state index in [4.69, 9.17) is 0 Å². The van der Waals surface area contributed by atoms with Crippen LogP contribution in [0.5, 0.6) is 0 Å². The molecule has 1 aliphatic carbocycles. The Morgan fingerprint density at radius 3 is 2.64 bits per heavy atom. The van der Waals surface area contributed by atoms with E-state index >= 15 is 0 Å². The van der Waals surface area contributed by atoms with Crippen molar-refractivity contribution in [3.8, 4) is 0 Å². The van der Waals surface area contributed by atoms with Crippen LogP contribution in [-0.4, -0.2) is 16.3 Å². The molecule has 0 N–H and O–H groups in total. The zero-order valence-electron chi connectivity index (χ0n) is 6.77. The second-order valence-electron chi connectivity index (χ2n) is 3.70. The van der Waals surface area contributed by atoms with Crippen molar-refractivity contribution in [1.29, 1.82) is 0 Å². The van der Waals surface area contributed by atoms with E-state index in [-0.39, 0.29) is 0 Å². The lowest BCUT2D eigenvalue weighted by Crippen LogP contribution is -2.29. The van der Waals surface area contributed by atoms with Gasteiger partial charge in [-0.2, -0.15) is 11.8 Å². The first-order valence-corrected chi connectivity index (χ1v) is 5.45.